The Morgan fingerprint density at radius 3 is 2.35 bits per heavy atom. The molecule has 8 heteroatoms. The fourth-order valence-corrected chi connectivity index (χ4v) is 5.53. The average Bonchev–Trinajstić information content (AvgIpc) is 3.12. The van der Waals surface area contributed by atoms with Crippen LogP contribution in [-0.4, -0.2) is 49.4 Å². The number of fused-ring (bicyclic) bond motifs is 5. The van der Waals surface area contributed by atoms with Gasteiger partial charge in [0.1, 0.15) is 5.82 Å². The van der Waals surface area contributed by atoms with E-state index in [9.17, 15) is 14.0 Å². The third kappa shape index (κ3) is 3.76. The molecule has 5 rings (SSSR count). The molecule has 1 heterocycles. The van der Waals surface area contributed by atoms with E-state index in [1.54, 1.807) is 13.1 Å². The minimum Gasteiger partial charge on any atom is -0.356 e. The van der Waals surface area contributed by atoms with Gasteiger partial charge in [0.2, 0.25) is 11.8 Å². The van der Waals surface area contributed by atoms with Gasteiger partial charge in [-0.3, -0.25) is 19.5 Å². The van der Waals surface area contributed by atoms with E-state index in [0.29, 0.717) is 25.6 Å². The number of imide groups is 1. The van der Waals surface area contributed by atoms with Crippen LogP contribution in [0.25, 0.3) is 0 Å². The zero-order valence-corrected chi connectivity index (χ0v) is 19.8. The molecule has 0 aromatic heterocycles. The first-order valence-electron chi connectivity index (χ1n) is 10.8. The number of allylic oxidation sites excluding steroid dienone is 2. The topological polar surface area (TPSA) is 73.8 Å². The van der Waals surface area contributed by atoms with Gasteiger partial charge in [-0.1, -0.05) is 30.4 Å². The van der Waals surface area contributed by atoms with Gasteiger partial charge in [0.15, 0.2) is 5.96 Å². The Balaban J connectivity index is 0.00000231. The van der Waals surface area contributed by atoms with Crippen molar-refractivity contribution in [1.29, 1.82) is 0 Å². The predicted molar refractivity (Wildman–Crippen MR) is 127 cm³/mol. The summed E-state index contributed by atoms with van der Waals surface area (Å²) in [4.78, 5) is 31.1. The van der Waals surface area contributed by atoms with E-state index in [1.165, 1.54) is 11.0 Å². The molecule has 4 atom stereocenters. The van der Waals surface area contributed by atoms with Gasteiger partial charge in [0.25, 0.3) is 0 Å². The number of rotatable bonds is 6. The standard InChI is InChI=1S/C23H27FN4O2.HI/c1-25-22(27-13-23(8-9-23)16-4-2-3-5-17(16)24)26-10-11-28-20(29)18-14-6-7-15(12-14)19(18)21(28)30;/h2-7,14-15,18-19H,8-13H2,1H3,(H2,25,26,27);1H. The van der Waals surface area contributed by atoms with Crippen LogP contribution < -0.4 is 10.6 Å². The Morgan fingerprint density at radius 1 is 1.13 bits per heavy atom. The van der Waals surface area contributed by atoms with Gasteiger partial charge >= 0.3 is 0 Å². The smallest absolute Gasteiger partial charge is 0.233 e. The van der Waals surface area contributed by atoms with Crippen LogP contribution in [-0.2, 0) is 15.0 Å². The van der Waals surface area contributed by atoms with E-state index in [4.69, 9.17) is 0 Å². The molecule has 2 saturated carbocycles. The van der Waals surface area contributed by atoms with Gasteiger partial charge in [-0.05, 0) is 42.7 Å². The lowest BCUT2D eigenvalue weighted by atomic mass is 9.85. The molecule has 2 N–H and O–H groups in total. The lowest BCUT2D eigenvalue weighted by Crippen LogP contribution is -2.45. The van der Waals surface area contributed by atoms with E-state index >= 15 is 0 Å². The highest BCUT2D eigenvalue weighted by atomic mass is 127. The molecule has 166 valence electrons. The van der Waals surface area contributed by atoms with Gasteiger partial charge in [-0.15, -0.1) is 24.0 Å². The van der Waals surface area contributed by atoms with Crippen molar-refractivity contribution in [1.82, 2.24) is 15.5 Å². The van der Waals surface area contributed by atoms with Gasteiger partial charge in [0, 0.05) is 32.1 Å². The summed E-state index contributed by atoms with van der Waals surface area (Å²) >= 11 is 0. The number of benzene rings is 1. The number of guanidine groups is 1. The van der Waals surface area contributed by atoms with Crippen molar-refractivity contribution in [3.63, 3.8) is 0 Å². The second kappa shape index (κ2) is 8.52. The number of amides is 2. The zero-order valence-electron chi connectivity index (χ0n) is 17.5. The number of aliphatic imine (C=N–C) groups is 1. The molecular weight excluding hydrogens is 510 g/mol. The van der Waals surface area contributed by atoms with E-state index < -0.39 is 0 Å². The lowest BCUT2D eigenvalue weighted by Gasteiger charge is -2.21. The summed E-state index contributed by atoms with van der Waals surface area (Å²) < 4.78 is 14.2. The molecular formula is C23H28FIN4O2. The van der Waals surface area contributed by atoms with Crippen LogP contribution >= 0.6 is 24.0 Å². The first-order chi connectivity index (χ1) is 14.5. The molecule has 3 aliphatic carbocycles. The van der Waals surface area contributed by atoms with E-state index in [1.807, 2.05) is 12.1 Å². The molecule has 4 unspecified atom stereocenters. The molecule has 1 aromatic rings. The van der Waals surface area contributed by atoms with Gasteiger partial charge in [-0.25, -0.2) is 4.39 Å². The van der Waals surface area contributed by atoms with Gasteiger partial charge in [0.05, 0.1) is 11.8 Å². The van der Waals surface area contributed by atoms with Crippen molar-refractivity contribution in [3.8, 4) is 0 Å². The SMILES string of the molecule is CN=C(NCCN1C(=O)C2C3C=CC(C3)C2C1=O)NCC1(c2ccccc2F)CC1.I. The average molecular weight is 538 g/mol. The highest BCUT2D eigenvalue weighted by Gasteiger charge is 2.59. The molecule has 2 amide bonds. The predicted octanol–water partition coefficient (Wildman–Crippen LogP) is 2.45. The first-order valence-corrected chi connectivity index (χ1v) is 10.8. The summed E-state index contributed by atoms with van der Waals surface area (Å²) in [5.41, 5.74) is 0.559. The molecule has 2 bridgehead atoms. The van der Waals surface area contributed by atoms with E-state index in [-0.39, 0.29) is 70.7 Å². The zero-order chi connectivity index (χ0) is 20.9. The quantitative estimate of drug-likeness (QED) is 0.192. The monoisotopic (exact) mass is 538 g/mol. The maximum atomic E-state index is 14.2. The second-order valence-electron chi connectivity index (χ2n) is 8.94. The minimum absolute atomic E-state index is 0. The number of carbonyl (C=O) groups is 2. The summed E-state index contributed by atoms with van der Waals surface area (Å²) in [6.45, 7) is 1.36. The van der Waals surface area contributed by atoms with Crippen molar-refractivity contribution in [2.75, 3.05) is 26.7 Å². The third-order valence-electron chi connectivity index (χ3n) is 7.31. The Morgan fingerprint density at radius 2 is 1.77 bits per heavy atom. The Bertz CT molecular complexity index is 915. The van der Waals surface area contributed by atoms with Crippen LogP contribution in [0.2, 0.25) is 0 Å². The van der Waals surface area contributed by atoms with Crippen LogP contribution in [0.1, 0.15) is 24.8 Å². The molecule has 0 radical (unpaired) electrons. The van der Waals surface area contributed by atoms with Crippen LogP contribution in [0.4, 0.5) is 4.39 Å². The highest BCUT2D eigenvalue weighted by molar-refractivity contribution is 14.0. The third-order valence-corrected chi connectivity index (χ3v) is 7.31. The van der Waals surface area contributed by atoms with Crippen molar-refractivity contribution in [3.05, 3.63) is 47.8 Å². The summed E-state index contributed by atoms with van der Waals surface area (Å²) in [5.74, 6) is 0.541. The number of hydrogen-bond donors (Lipinski definition) is 2. The number of nitrogens with zero attached hydrogens (tertiary/aromatic N) is 2. The molecule has 31 heavy (non-hydrogen) atoms. The van der Waals surface area contributed by atoms with Crippen molar-refractivity contribution < 1.29 is 14.0 Å². The van der Waals surface area contributed by atoms with E-state index in [0.717, 1.165) is 24.8 Å². The summed E-state index contributed by atoms with van der Waals surface area (Å²) in [7, 11) is 1.68. The fraction of sp³-hybridized carbons (Fsp3) is 0.522. The number of likely N-dealkylation sites (tertiary alicyclic amines) is 1. The Hall–Kier alpha value is -1.97. The normalized spacial score (nSPS) is 29.7. The molecule has 3 fully saturated rings. The van der Waals surface area contributed by atoms with Crippen molar-refractivity contribution >= 4 is 41.8 Å². The molecule has 1 aromatic carbocycles. The Kier molecular flexibility index (Phi) is 6.11. The van der Waals surface area contributed by atoms with Gasteiger partial charge in [-0.2, -0.15) is 0 Å². The minimum atomic E-state index is -0.187. The molecule has 1 saturated heterocycles. The van der Waals surface area contributed by atoms with Crippen molar-refractivity contribution in [2.45, 2.75) is 24.7 Å². The lowest BCUT2D eigenvalue weighted by molar-refractivity contribution is -0.140. The van der Waals surface area contributed by atoms with Crippen LogP contribution in [0.15, 0.2) is 41.4 Å². The Labute approximate surface area is 198 Å². The molecule has 4 aliphatic rings. The molecule has 0 spiro atoms. The fourth-order valence-electron chi connectivity index (χ4n) is 5.53. The number of hydrogen-bond acceptors (Lipinski definition) is 3. The second-order valence-corrected chi connectivity index (χ2v) is 8.94. The van der Waals surface area contributed by atoms with E-state index in [2.05, 4.69) is 27.8 Å². The number of nitrogens with one attached hydrogen (secondary N) is 2. The summed E-state index contributed by atoms with van der Waals surface area (Å²) in [5, 5.41) is 6.47. The van der Waals surface area contributed by atoms with Crippen molar-refractivity contribution in [2.24, 2.45) is 28.7 Å². The maximum Gasteiger partial charge on any atom is 0.233 e. The molecule has 1 aliphatic heterocycles. The maximum absolute atomic E-state index is 14.2. The molecule has 6 nitrogen and oxygen atoms in total. The number of halogens is 2. The van der Waals surface area contributed by atoms with Crippen LogP contribution in [0.3, 0.4) is 0 Å². The van der Waals surface area contributed by atoms with Gasteiger partial charge < -0.3 is 10.6 Å². The van der Waals surface area contributed by atoms with Crippen LogP contribution in [0, 0.1) is 29.5 Å². The van der Waals surface area contributed by atoms with Crippen LogP contribution in [0.5, 0.6) is 0 Å². The largest absolute Gasteiger partial charge is 0.356 e. The number of carbonyl (C=O) groups excluding carboxylic acids is 2. The highest BCUT2D eigenvalue weighted by Crippen LogP contribution is 2.52. The summed E-state index contributed by atoms with van der Waals surface area (Å²) in [6, 6.07) is 6.93. The first kappa shape index (κ1) is 22.2. The summed E-state index contributed by atoms with van der Waals surface area (Å²) in [6.07, 6.45) is 7.03.